The molecule has 0 aromatic rings. The highest BCUT2D eigenvalue weighted by atomic mass is 16.6. The van der Waals surface area contributed by atoms with Crippen molar-refractivity contribution in [2.75, 3.05) is 78.7 Å². The number of ether oxygens (including phenoxy) is 2. The van der Waals surface area contributed by atoms with Crippen LogP contribution in [0.15, 0.2) is 0 Å². The second-order valence-electron chi connectivity index (χ2n) is 9.47. The normalized spacial score (nSPS) is 29.9. The van der Waals surface area contributed by atoms with Crippen LogP contribution in [-0.4, -0.2) is 116 Å². The van der Waals surface area contributed by atoms with Crippen LogP contribution in [0.3, 0.4) is 0 Å². The summed E-state index contributed by atoms with van der Waals surface area (Å²) in [6.07, 6.45) is 3.03. The van der Waals surface area contributed by atoms with E-state index in [4.69, 9.17) is 9.47 Å². The fourth-order valence-electron chi connectivity index (χ4n) is 5.13. The van der Waals surface area contributed by atoms with Crippen LogP contribution in [-0.2, 0) is 9.47 Å². The van der Waals surface area contributed by atoms with Gasteiger partial charge in [0.05, 0.1) is 13.2 Å². The Balaban J connectivity index is 1.19. The lowest BCUT2D eigenvalue weighted by Crippen LogP contribution is -2.51. The van der Waals surface area contributed by atoms with Gasteiger partial charge in [-0.05, 0) is 26.2 Å². The molecule has 7 heteroatoms. The maximum Gasteiger partial charge on any atom is 0.410 e. The molecule has 4 aliphatic rings. The van der Waals surface area contributed by atoms with Crippen molar-refractivity contribution >= 4 is 6.09 Å². The molecule has 0 unspecified atom stereocenters. The van der Waals surface area contributed by atoms with Crippen molar-refractivity contribution < 1.29 is 14.3 Å². The SMILES string of the molecule is CC(C)N1CCN(CCN2CC3(CCN(C[C@H]4CCOC4)CC3)OC2=O)CC1. The fourth-order valence-corrected chi connectivity index (χ4v) is 5.13. The number of piperidine rings is 1. The van der Waals surface area contributed by atoms with Crippen molar-refractivity contribution in [3.05, 3.63) is 0 Å². The van der Waals surface area contributed by atoms with Gasteiger partial charge in [0, 0.05) is 84.4 Å². The average Bonchev–Trinajstić information content (AvgIpc) is 3.30. The zero-order valence-electron chi connectivity index (χ0n) is 17.8. The van der Waals surface area contributed by atoms with Gasteiger partial charge in [0.25, 0.3) is 0 Å². The van der Waals surface area contributed by atoms with Crippen LogP contribution in [0.2, 0.25) is 0 Å². The Labute approximate surface area is 169 Å². The number of nitrogens with zero attached hydrogens (tertiary/aromatic N) is 4. The summed E-state index contributed by atoms with van der Waals surface area (Å²) in [6.45, 7) is 16.6. The summed E-state index contributed by atoms with van der Waals surface area (Å²) in [5.74, 6) is 0.688. The third-order valence-corrected chi connectivity index (χ3v) is 7.17. The molecule has 0 aliphatic carbocycles. The summed E-state index contributed by atoms with van der Waals surface area (Å²) in [7, 11) is 0. The summed E-state index contributed by atoms with van der Waals surface area (Å²) in [4.78, 5) is 22.0. The minimum Gasteiger partial charge on any atom is -0.441 e. The van der Waals surface area contributed by atoms with E-state index in [1.807, 2.05) is 4.90 Å². The standard InChI is InChI=1S/C21H38N4O3/c1-18(2)24-11-8-22(9-12-24)10-13-25-17-21(28-20(25)26)4-6-23(7-5-21)15-19-3-14-27-16-19/h18-19H,3-17H2,1-2H3/t19-/m1/s1. The second-order valence-corrected chi connectivity index (χ2v) is 9.47. The molecule has 0 aromatic carbocycles. The van der Waals surface area contributed by atoms with E-state index in [2.05, 4.69) is 28.5 Å². The molecule has 1 amide bonds. The Morgan fingerprint density at radius 1 is 1.04 bits per heavy atom. The maximum absolute atomic E-state index is 12.5. The first-order valence-electron chi connectivity index (χ1n) is 11.3. The highest BCUT2D eigenvalue weighted by molar-refractivity contribution is 5.70. The van der Waals surface area contributed by atoms with Gasteiger partial charge in [-0.15, -0.1) is 0 Å². The zero-order valence-corrected chi connectivity index (χ0v) is 17.8. The average molecular weight is 395 g/mol. The number of hydrogen-bond donors (Lipinski definition) is 0. The van der Waals surface area contributed by atoms with Crippen LogP contribution >= 0.6 is 0 Å². The van der Waals surface area contributed by atoms with E-state index in [1.54, 1.807) is 0 Å². The van der Waals surface area contributed by atoms with Crippen LogP contribution in [0, 0.1) is 5.92 Å². The third kappa shape index (κ3) is 4.81. The highest BCUT2D eigenvalue weighted by Crippen LogP contribution is 2.33. The molecular formula is C21H38N4O3. The van der Waals surface area contributed by atoms with Gasteiger partial charge in [-0.3, -0.25) is 9.80 Å². The maximum atomic E-state index is 12.5. The smallest absolute Gasteiger partial charge is 0.410 e. The molecule has 4 saturated heterocycles. The summed E-state index contributed by atoms with van der Waals surface area (Å²) in [5.41, 5.74) is -0.240. The highest BCUT2D eigenvalue weighted by Gasteiger charge is 2.47. The molecule has 4 heterocycles. The molecule has 4 fully saturated rings. The molecule has 0 aromatic heterocycles. The third-order valence-electron chi connectivity index (χ3n) is 7.17. The number of likely N-dealkylation sites (tertiary alicyclic amines) is 1. The van der Waals surface area contributed by atoms with Crippen molar-refractivity contribution in [3.63, 3.8) is 0 Å². The van der Waals surface area contributed by atoms with Crippen LogP contribution in [0.25, 0.3) is 0 Å². The molecule has 0 saturated carbocycles. The predicted octanol–water partition coefficient (Wildman–Crippen LogP) is 1.34. The van der Waals surface area contributed by atoms with Gasteiger partial charge in [0.15, 0.2) is 0 Å². The van der Waals surface area contributed by atoms with Gasteiger partial charge < -0.3 is 19.3 Å². The predicted molar refractivity (Wildman–Crippen MR) is 109 cm³/mol. The van der Waals surface area contributed by atoms with Crippen LogP contribution in [0.4, 0.5) is 4.79 Å². The lowest BCUT2D eigenvalue weighted by molar-refractivity contribution is -0.00294. The quantitative estimate of drug-likeness (QED) is 0.678. The Morgan fingerprint density at radius 2 is 1.79 bits per heavy atom. The fraction of sp³-hybridized carbons (Fsp3) is 0.952. The van der Waals surface area contributed by atoms with Gasteiger partial charge in [-0.2, -0.15) is 0 Å². The van der Waals surface area contributed by atoms with Gasteiger partial charge in [-0.1, -0.05) is 0 Å². The topological polar surface area (TPSA) is 48.5 Å². The van der Waals surface area contributed by atoms with Crippen molar-refractivity contribution in [3.8, 4) is 0 Å². The molecule has 160 valence electrons. The van der Waals surface area contributed by atoms with Crippen LogP contribution in [0.1, 0.15) is 33.1 Å². The Hall–Kier alpha value is -0.890. The van der Waals surface area contributed by atoms with E-state index < -0.39 is 0 Å². The number of piperazine rings is 1. The second kappa shape index (κ2) is 8.86. The molecule has 4 rings (SSSR count). The lowest BCUT2D eigenvalue weighted by Gasteiger charge is -2.38. The Morgan fingerprint density at radius 3 is 2.43 bits per heavy atom. The van der Waals surface area contributed by atoms with Gasteiger partial charge in [0.2, 0.25) is 0 Å². The molecule has 7 nitrogen and oxygen atoms in total. The minimum absolute atomic E-state index is 0.0986. The van der Waals surface area contributed by atoms with Crippen LogP contribution in [0.5, 0.6) is 0 Å². The summed E-state index contributed by atoms with van der Waals surface area (Å²) in [6, 6.07) is 0.627. The van der Waals surface area contributed by atoms with Crippen molar-refractivity contribution in [1.29, 1.82) is 0 Å². The number of carbonyl (C=O) groups is 1. The van der Waals surface area contributed by atoms with E-state index >= 15 is 0 Å². The monoisotopic (exact) mass is 394 g/mol. The van der Waals surface area contributed by atoms with Crippen molar-refractivity contribution in [1.82, 2.24) is 19.6 Å². The first kappa shape index (κ1) is 20.4. The summed E-state index contributed by atoms with van der Waals surface area (Å²) < 4.78 is 11.4. The molecular weight excluding hydrogens is 356 g/mol. The van der Waals surface area contributed by atoms with Crippen molar-refractivity contribution in [2.45, 2.75) is 44.8 Å². The first-order valence-corrected chi connectivity index (χ1v) is 11.3. The minimum atomic E-state index is -0.240. The molecule has 0 bridgehead atoms. The number of amides is 1. The van der Waals surface area contributed by atoms with E-state index in [9.17, 15) is 4.79 Å². The Kier molecular flexibility index (Phi) is 6.45. The summed E-state index contributed by atoms with van der Waals surface area (Å²) in [5, 5.41) is 0. The molecule has 4 aliphatic heterocycles. The number of carbonyl (C=O) groups excluding carboxylic acids is 1. The van der Waals surface area contributed by atoms with Gasteiger partial charge in [0.1, 0.15) is 5.60 Å². The molecule has 1 atom stereocenters. The number of hydrogen-bond acceptors (Lipinski definition) is 6. The first-order chi connectivity index (χ1) is 13.5. The van der Waals surface area contributed by atoms with E-state index in [0.717, 1.165) is 91.5 Å². The molecule has 1 spiro atoms. The van der Waals surface area contributed by atoms with E-state index in [0.29, 0.717) is 12.0 Å². The summed E-state index contributed by atoms with van der Waals surface area (Å²) >= 11 is 0. The van der Waals surface area contributed by atoms with Gasteiger partial charge >= 0.3 is 6.09 Å². The molecule has 0 N–H and O–H groups in total. The van der Waals surface area contributed by atoms with Gasteiger partial charge in [-0.25, -0.2) is 4.79 Å². The zero-order chi connectivity index (χ0) is 19.6. The molecule has 28 heavy (non-hydrogen) atoms. The number of rotatable bonds is 6. The Bertz CT molecular complexity index is 522. The lowest BCUT2D eigenvalue weighted by atomic mass is 9.90. The van der Waals surface area contributed by atoms with E-state index in [1.165, 1.54) is 6.42 Å². The van der Waals surface area contributed by atoms with Crippen LogP contribution < -0.4 is 0 Å². The largest absolute Gasteiger partial charge is 0.441 e. The van der Waals surface area contributed by atoms with Crippen molar-refractivity contribution in [2.24, 2.45) is 5.92 Å². The van der Waals surface area contributed by atoms with E-state index in [-0.39, 0.29) is 11.7 Å². The molecule has 0 radical (unpaired) electrons.